The van der Waals surface area contributed by atoms with Crippen molar-refractivity contribution in [1.29, 1.82) is 0 Å². The minimum Gasteiger partial charge on any atom is -0.653 e. The van der Waals surface area contributed by atoms with Gasteiger partial charge in [0.15, 0.2) is 0 Å². The zero-order valence-electron chi connectivity index (χ0n) is 35.1. The molecule has 0 aliphatic carbocycles. The van der Waals surface area contributed by atoms with E-state index in [9.17, 15) is 28.8 Å². The van der Waals surface area contributed by atoms with Crippen LogP contribution in [0.4, 0.5) is 0 Å². The number of likely N-dealkylation sites (N-methyl/N-ethyl adjacent to an activating group) is 1. The van der Waals surface area contributed by atoms with Gasteiger partial charge in [-0.3, -0.25) is 28.8 Å². The van der Waals surface area contributed by atoms with Crippen molar-refractivity contribution in [3.8, 4) is 34.5 Å². The maximum atomic E-state index is 13.4. The molecule has 0 aliphatic rings. The van der Waals surface area contributed by atoms with Crippen molar-refractivity contribution in [2.24, 2.45) is 0 Å². The van der Waals surface area contributed by atoms with E-state index in [1.54, 1.807) is 121 Å². The van der Waals surface area contributed by atoms with Crippen molar-refractivity contribution >= 4 is 48.0 Å². The molecule has 0 spiro atoms. The molecule has 0 aliphatic heterocycles. The van der Waals surface area contributed by atoms with E-state index in [-0.39, 0.29) is 88.9 Å². The summed E-state index contributed by atoms with van der Waals surface area (Å²) in [6.07, 6.45) is 4.75. The van der Waals surface area contributed by atoms with E-state index in [1.165, 1.54) is 33.9 Å². The normalized spacial score (nSPS) is 11.1. The quantitative estimate of drug-likeness (QED) is 0.0638. The molecule has 1 atom stereocenters. The molecule has 0 bridgehead atoms. The standard InChI is InChI=1S/C48H44NO12.Rb/c1-31(50)56-39-17-7-35(8-18-39)15-25-46(53)59-42-21-11-34(12-22-42)5-6-38-27-43(60-47(54)26-16-36-9-19-40(20-10-36)57-32(2)51)30-44(28-38)61-48(55)45(49-4)29-37-13-23-41(24-14-37)58-33(3)52;/h5-14,17-24,27-28,30,45H,15-16,25-26,29H2,1-4H3;/q-1;+1/b6-5+;. The van der Waals surface area contributed by atoms with Crippen LogP contribution in [-0.2, 0) is 48.0 Å². The Morgan fingerprint density at radius 1 is 0.468 bits per heavy atom. The Morgan fingerprint density at radius 3 is 1.27 bits per heavy atom. The van der Waals surface area contributed by atoms with Crippen molar-refractivity contribution in [3.05, 3.63) is 148 Å². The molecular formula is C48H44NO12Rb. The predicted octanol–water partition coefficient (Wildman–Crippen LogP) is 5.23. The molecule has 13 nitrogen and oxygen atoms in total. The molecule has 0 N–H and O–H groups in total. The Kier molecular flexibility index (Phi) is 19.6. The van der Waals surface area contributed by atoms with Crippen LogP contribution in [0.2, 0.25) is 0 Å². The Bertz CT molecular complexity index is 2360. The van der Waals surface area contributed by atoms with Gasteiger partial charge in [0.05, 0.1) is 0 Å². The van der Waals surface area contributed by atoms with Crippen LogP contribution in [0.5, 0.6) is 34.5 Å². The summed E-state index contributed by atoms with van der Waals surface area (Å²) in [5.74, 6) is -1.02. The van der Waals surface area contributed by atoms with Crippen molar-refractivity contribution < 1.29 is 115 Å². The average molecular weight is 912 g/mol. The van der Waals surface area contributed by atoms with Gasteiger partial charge in [-0.05, 0) is 114 Å². The fourth-order valence-electron chi connectivity index (χ4n) is 5.83. The van der Waals surface area contributed by atoms with Crippen LogP contribution in [0, 0.1) is 0 Å². The van der Waals surface area contributed by atoms with Gasteiger partial charge < -0.3 is 33.7 Å². The smallest absolute Gasteiger partial charge is 0.653 e. The zero-order valence-corrected chi connectivity index (χ0v) is 40.0. The molecule has 14 heteroatoms. The molecule has 0 heterocycles. The Balaban J connectivity index is 0.00000845. The summed E-state index contributed by atoms with van der Waals surface area (Å²) in [7, 11) is 1.51. The van der Waals surface area contributed by atoms with Crippen LogP contribution in [0.3, 0.4) is 0 Å². The SMILES string of the molecule is C[N-]C(Cc1ccc(OC(C)=O)cc1)C(=O)Oc1cc(/C=C/c2ccc(OC(=O)CCc3ccc(OC(C)=O)cc3)cc2)cc(OC(=O)CCc2ccc(OC(C)=O)cc2)c1.[Rb+]. The van der Waals surface area contributed by atoms with E-state index in [0.29, 0.717) is 41.4 Å². The van der Waals surface area contributed by atoms with Gasteiger partial charge in [-0.2, -0.15) is 7.05 Å². The topological polar surface area (TPSA) is 172 Å². The number of hydrogen-bond donors (Lipinski definition) is 0. The Hall–Kier alpha value is -5.57. The van der Waals surface area contributed by atoms with Crippen LogP contribution in [0.25, 0.3) is 17.5 Å². The van der Waals surface area contributed by atoms with E-state index >= 15 is 0 Å². The van der Waals surface area contributed by atoms with E-state index in [1.807, 2.05) is 0 Å². The van der Waals surface area contributed by atoms with Crippen molar-refractivity contribution in [2.45, 2.75) is 58.9 Å². The second-order valence-electron chi connectivity index (χ2n) is 13.7. The Labute approximate surface area is 408 Å². The summed E-state index contributed by atoms with van der Waals surface area (Å²) >= 11 is 0. The van der Waals surface area contributed by atoms with Gasteiger partial charge in [-0.1, -0.05) is 60.7 Å². The first-order valence-corrected chi connectivity index (χ1v) is 19.3. The van der Waals surface area contributed by atoms with E-state index in [4.69, 9.17) is 28.4 Å². The van der Waals surface area contributed by atoms with Crippen molar-refractivity contribution in [2.75, 3.05) is 7.05 Å². The van der Waals surface area contributed by atoms with E-state index < -0.39 is 41.9 Å². The molecular weight excluding hydrogens is 868 g/mol. The van der Waals surface area contributed by atoms with Crippen LogP contribution < -0.4 is 86.6 Å². The monoisotopic (exact) mass is 911 g/mol. The summed E-state index contributed by atoms with van der Waals surface area (Å²) in [4.78, 5) is 72.6. The number of hydrogen-bond acceptors (Lipinski definition) is 12. The van der Waals surface area contributed by atoms with Crippen LogP contribution in [0.1, 0.15) is 61.4 Å². The largest absolute Gasteiger partial charge is 1.00 e. The number of esters is 6. The maximum Gasteiger partial charge on any atom is 1.00 e. The summed E-state index contributed by atoms with van der Waals surface area (Å²) in [5.41, 5.74) is 3.80. The second-order valence-corrected chi connectivity index (χ2v) is 13.7. The number of aryl methyl sites for hydroxylation is 2. The summed E-state index contributed by atoms with van der Waals surface area (Å²) < 4.78 is 32.2. The van der Waals surface area contributed by atoms with Gasteiger partial charge in [0.2, 0.25) is 0 Å². The van der Waals surface area contributed by atoms with Gasteiger partial charge in [-0.15, -0.1) is 0 Å². The molecule has 314 valence electrons. The van der Waals surface area contributed by atoms with Crippen molar-refractivity contribution in [1.82, 2.24) is 0 Å². The third-order valence-corrected chi connectivity index (χ3v) is 8.74. The van der Waals surface area contributed by atoms with Gasteiger partial charge in [0, 0.05) is 39.7 Å². The summed E-state index contributed by atoms with van der Waals surface area (Å²) in [6.45, 7) is 3.95. The van der Waals surface area contributed by atoms with Crippen molar-refractivity contribution in [3.63, 3.8) is 0 Å². The molecule has 0 fully saturated rings. The molecule has 5 rings (SSSR count). The molecule has 0 aromatic heterocycles. The van der Waals surface area contributed by atoms with E-state index in [2.05, 4.69) is 5.32 Å². The third kappa shape index (κ3) is 17.1. The molecule has 5 aromatic rings. The summed E-state index contributed by atoms with van der Waals surface area (Å²) in [6, 6.07) is 31.1. The second kappa shape index (κ2) is 24.8. The number of carbonyl (C=O) groups is 6. The van der Waals surface area contributed by atoms with E-state index in [0.717, 1.165) is 22.3 Å². The van der Waals surface area contributed by atoms with Gasteiger partial charge in [-0.25, -0.2) is 0 Å². The molecule has 0 amide bonds. The first-order valence-electron chi connectivity index (χ1n) is 19.3. The fraction of sp³-hybridized carbons (Fsp3) is 0.208. The molecule has 62 heavy (non-hydrogen) atoms. The molecule has 0 radical (unpaired) electrons. The van der Waals surface area contributed by atoms with Crippen LogP contribution in [0.15, 0.2) is 115 Å². The average Bonchev–Trinajstić information content (AvgIpc) is 3.22. The number of nitrogens with zero attached hydrogens (tertiary/aromatic N) is 1. The van der Waals surface area contributed by atoms with Gasteiger partial charge >= 0.3 is 88.0 Å². The fourth-order valence-corrected chi connectivity index (χ4v) is 5.83. The molecule has 0 saturated heterocycles. The third-order valence-electron chi connectivity index (χ3n) is 8.74. The first-order chi connectivity index (χ1) is 29.3. The van der Waals surface area contributed by atoms with Gasteiger partial charge in [0.25, 0.3) is 5.97 Å². The first kappa shape index (κ1) is 49.1. The maximum absolute atomic E-state index is 13.4. The minimum absolute atomic E-state index is 0. The Morgan fingerprint density at radius 2 is 0.839 bits per heavy atom. The number of rotatable bonds is 18. The number of ether oxygens (including phenoxy) is 6. The van der Waals surface area contributed by atoms with Crippen LogP contribution in [-0.4, -0.2) is 48.9 Å². The van der Waals surface area contributed by atoms with Crippen LogP contribution >= 0.6 is 0 Å². The zero-order chi connectivity index (χ0) is 43.7. The summed E-state index contributed by atoms with van der Waals surface area (Å²) in [5, 5.41) is 4.22. The molecule has 0 saturated carbocycles. The minimum atomic E-state index is -0.870. The predicted molar refractivity (Wildman–Crippen MR) is 225 cm³/mol. The number of carbonyl (C=O) groups excluding carboxylic acids is 6. The number of benzene rings is 5. The van der Waals surface area contributed by atoms with Gasteiger partial charge in [0.1, 0.15) is 34.5 Å². The molecule has 5 aromatic carbocycles. The molecule has 1 unspecified atom stereocenters.